The molecular formula is C20H25N5O3. The highest BCUT2D eigenvalue weighted by molar-refractivity contribution is 5.46. The third kappa shape index (κ3) is 2.82. The Kier molecular flexibility index (Phi) is 4.03. The molecule has 0 bridgehead atoms. The molecule has 3 aliphatic rings. The number of aromatic nitrogens is 4. The minimum Gasteiger partial charge on any atom is -0.481 e. The Morgan fingerprint density at radius 1 is 1.18 bits per heavy atom. The second-order valence-corrected chi connectivity index (χ2v) is 8.11. The summed E-state index contributed by atoms with van der Waals surface area (Å²) >= 11 is 0. The monoisotopic (exact) mass is 383 g/mol. The second-order valence-electron chi connectivity index (χ2n) is 8.11. The highest BCUT2D eigenvalue weighted by Crippen LogP contribution is 2.45. The molecule has 1 saturated heterocycles. The van der Waals surface area contributed by atoms with Gasteiger partial charge in [0.05, 0.1) is 19.9 Å². The van der Waals surface area contributed by atoms with E-state index in [1.165, 1.54) is 0 Å². The number of fused-ring (bicyclic) bond motifs is 2. The molecule has 2 aromatic heterocycles. The summed E-state index contributed by atoms with van der Waals surface area (Å²) < 4.78 is 10.6. The van der Waals surface area contributed by atoms with Gasteiger partial charge in [0.1, 0.15) is 11.6 Å². The van der Waals surface area contributed by atoms with E-state index >= 15 is 0 Å². The topological polar surface area (TPSA) is 93.2 Å². The number of rotatable bonds is 4. The molecule has 5 rings (SSSR count). The summed E-state index contributed by atoms with van der Waals surface area (Å²) in [4.78, 5) is 31.6. The first kappa shape index (κ1) is 17.5. The van der Waals surface area contributed by atoms with Gasteiger partial charge in [-0.1, -0.05) is 0 Å². The number of ether oxygens (including phenoxy) is 2. The van der Waals surface area contributed by atoms with Crippen molar-refractivity contribution in [1.29, 1.82) is 0 Å². The quantitative estimate of drug-likeness (QED) is 0.862. The van der Waals surface area contributed by atoms with Gasteiger partial charge in [0.15, 0.2) is 0 Å². The van der Waals surface area contributed by atoms with Crippen LogP contribution in [0.25, 0.3) is 0 Å². The number of H-pyrrole nitrogens is 1. The molecule has 2 aliphatic carbocycles. The number of hydrogen-bond donors (Lipinski definition) is 1. The van der Waals surface area contributed by atoms with E-state index in [0.717, 1.165) is 74.5 Å². The summed E-state index contributed by atoms with van der Waals surface area (Å²) in [7, 11) is 3.14. The van der Waals surface area contributed by atoms with Crippen molar-refractivity contribution in [2.75, 3.05) is 32.2 Å². The molecule has 1 spiro atoms. The molecular weight excluding hydrogens is 358 g/mol. The van der Waals surface area contributed by atoms with Crippen LogP contribution in [0.3, 0.4) is 0 Å². The zero-order valence-electron chi connectivity index (χ0n) is 16.3. The smallest absolute Gasteiger partial charge is 0.321 e. The summed E-state index contributed by atoms with van der Waals surface area (Å²) in [6.07, 6.45) is 6.09. The SMILES string of the molecule is COc1cc(N2CCCC3(CCc4c3nc(C3CC3)[nH]c4=O)C2)nc(OC)n1. The van der Waals surface area contributed by atoms with Crippen molar-refractivity contribution in [1.82, 2.24) is 19.9 Å². The molecule has 1 atom stereocenters. The predicted molar refractivity (Wildman–Crippen MR) is 103 cm³/mol. The van der Waals surface area contributed by atoms with Crippen LogP contribution in [-0.4, -0.2) is 47.2 Å². The molecule has 3 heterocycles. The fourth-order valence-corrected chi connectivity index (χ4v) is 4.69. The highest BCUT2D eigenvalue weighted by Gasteiger charge is 2.45. The van der Waals surface area contributed by atoms with Crippen LogP contribution in [-0.2, 0) is 11.8 Å². The van der Waals surface area contributed by atoms with Crippen molar-refractivity contribution in [3.8, 4) is 11.9 Å². The van der Waals surface area contributed by atoms with E-state index in [2.05, 4.69) is 19.9 Å². The van der Waals surface area contributed by atoms with Gasteiger partial charge in [-0.15, -0.1) is 0 Å². The standard InChI is InChI=1S/C20H25N5O3/c1-27-15-10-14(21-19(22-15)28-2)25-9-3-7-20(11-25)8-6-13-16(20)23-17(12-4-5-12)24-18(13)26/h10,12H,3-9,11H2,1-2H3,(H,23,24,26). The van der Waals surface area contributed by atoms with Gasteiger partial charge in [-0.3, -0.25) is 4.79 Å². The molecule has 0 amide bonds. The minimum absolute atomic E-state index is 0.0614. The molecule has 28 heavy (non-hydrogen) atoms. The molecule has 1 saturated carbocycles. The molecule has 2 fully saturated rings. The maximum absolute atomic E-state index is 12.6. The molecule has 2 aromatic rings. The third-order valence-electron chi connectivity index (χ3n) is 6.31. The fourth-order valence-electron chi connectivity index (χ4n) is 4.69. The number of nitrogens with one attached hydrogen (secondary N) is 1. The molecule has 8 nitrogen and oxygen atoms in total. The maximum atomic E-state index is 12.6. The Bertz CT molecular complexity index is 949. The van der Waals surface area contributed by atoms with E-state index in [1.54, 1.807) is 14.2 Å². The molecule has 148 valence electrons. The van der Waals surface area contributed by atoms with Crippen LogP contribution in [0, 0.1) is 0 Å². The van der Waals surface area contributed by atoms with E-state index < -0.39 is 0 Å². The van der Waals surface area contributed by atoms with Crippen molar-refractivity contribution >= 4 is 5.82 Å². The first-order valence-corrected chi connectivity index (χ1v) is 9.97. The van der Waals surface area contributed by atoms with Crippen molar-refractivity contribution in [3.63, 3.8) is 0 Å². The fraction of sp³-hybridized carbons (Fsp3) is 0.600. The normalized spacial score (nSPS) is 23.7. The van der Waals surface area contributed by atoms with Crippen molar-refractivity contribution in [3.05, 3.63) is 33.5 Å². The Balaban J connectivity index is 1.51. The van der Waals surface area contributed by atoms with Crippen LogP contribution in [0.5, 0.6) is 11.9 Å². The summed E-state index contributed by atoms with van der Waals surface area (Å²) in [5.41, 5.74) is 1.88. The Morgan fingerprint density at radius 2 is 2.04 bits per heavy atom. The molecule has 1 aliphatic heterocycles. The maximum Gasteiger partial charge on any atom is 0.321 e. The Morgan fingerprint density at radius 3 is 2.79 bits per heavy atom. The summed E-state index contributed by atoms with van der Waals surface area (Å²) in [6.45, 7) is 1.70. The number of nitrogens with zero attached hydrogens (tertiary/aromatic N) is 4. The third-order valence-corrected chi connectivity index (χ3v) is 6.31. The van der Waals surface area contributed by atoms with Gasteiger partial charge in [0, 0.05) is 36.1 Å². The number of methoxy groups -OCH3 is 2. The lowest BCUT2D eigenvalue weighted by molar-refractivity contribution is 0.327. The van der Waals surface area contributed by atoms with Gasteiger partial charge in [0.25, 0.3) is 5.56 Å². The lowest BCUT2D eigenvalue weighted by Gasteiger charge is -2.41. The van der Waals surface area contributed by atoms with Crippen LogP contribution < -0.4 is 19.9 Å². The molecule has 1 N–H and O–H groups in total. The molecule has 0 aromatic carbocycles. The van der Waals surface area contributed by atoms with Gasteiger partial charge in [-0.05, 0) is 38.5 Å². The van der Waals surface area contributed by atoms with E-state index in [-0.39, 0.29) is 11.0 Å². The van der Waals surface area contributed by atoms with Crippen LogP contribution in [0.2, 0.25) is 0 Å². The zero-order chi connectivity index (χ0) is 19.3. The number of hydrogen-bond acceptors (Lipinski definition) is 7. The highest BCUT2D eigenvalue weighted by atomic mass is 16.5. The molecule has 0 radical (unpaired) electrons. The average molecular weight is 383 g/mol. The van der Waals surface area contributed by atoms with Crippen molar-refractivity contribution < 1.29 is 9.47 Å². The van der Waals surface area contributed by atoms with Crippen LogP contribution in [0.1, 0.15) is 55.1 Å². The average Bonchev–Trinajstić information content (AvgIpc) is 3.52. The minimum atomic E-state index is -0.0864. The first-order chi connectivity index (χ1) is 13.6. The predicted octanol–water partition coefficient (Wildman–Crippen LogP) is 1.94. The zero-order valence-corrected chi connectivity index (χ0v) is 16.3. The van der Waals surface area contributed by atoms with Gasteiger partial charge in [-0.2, -0.15) is 9.97 Å². The number of anilines is 1. The van der Waals surface area contributed by atoms with Crippen molar-refractivity contribution in [2.24, 2.45) is 0 Å². The van der Waals surface area contributed by atoms with E-state index in [1.807, 2.05) is 6.07 Å². The van der Waals surface area contributed by atoms with Gasteiger partial charge in [-0.25, -0.2) is 4.98 Å². The van der Waals surface area contributed by atoms with Crippen LogP contribution in [0.15, 0.2) is 10.9 Å². The molecule has 8 heteroatoms. The number of aromatic amines is 1. The Hall–Kier alpha value is -2.64. The molecule has 1 unspecified atom stereocenters. The van der Waals surface area contributed by atoms with Gasteiger partial charge >= 0.3 is 6.01 Å². The van der Waals surface area contributed by atoms with Crippen LogP contribution >= 0.6 is 0 Å². The summed E-state index contributed by atoms with van der Waals surface area (Å²) in [5.74, 6) is 2.60. The summed E-state index contributed by atoms with van der Waals surface area (Å²) in [5, 5.41) is 0. The first-order valence-electron chi connectivity index (χ1n) is 9.97. The lowest BCUT2D eigenvalue weighted by Crippen LogP contribution is -2.46. The van der Waals surface area contributed by atoms with Gasteiger partial charge in [0.2, 0.25) is 5.88 Å². The van der Waals surface area contributed by atoms with E-state index in [4.69, 9.17) is 14.5 Å². The van der Waals surface area contributed by atoms with Crippen molar-refractivity contribution in [2.45, 2.75) is 49.9 Å². The van der Waals surface area contributed by atoms with E-state index in [0.29, 0.717) is 17.8 Å². The second kappa shape index (κ2) is 6.46. The number of piperidine rings is 1. The largest absolute Gasteiger partial charge is 0.481 e. The van der Waals surface area contributed by atoms with Gasteiger partial charge < -0.3 is 19.4 Å². The Labute approximate surface area is 163 Å². The van der Waals surface area contributed by atoms with E-state index in [9.17, 15) is 4.79 Å². The summed E-state index contributed by atoms with van der Waals surface area (Å²) in [6, 6.07) is 2.14. The lowest BCUT2D eigenvalue weighted by atomic mass is 9.77. The van der Waals surface area contributed by atoms with Crippen LogP contribution in [0.4, 0.5) is 5.82 Å².